The van der Waals surface area contributed by atoms with E-state index in [1.54, 1.807) is 0 Å². The molecule has 0 aliphatic rings. The Balaban J connectivity index is 2.75. The number of ether oxygens (including phenoxy) is 1. The molecule has 0 aliphatic carbocycles. The Morgan fingerprint density at radius 3 is 2.81 bits per heavy atom. The molecule has 88 valence electrons. The lowest BCUT2D eigenvalue weighted by Crippen LogP contribution is -2.23. The highest BCUT2D eigenvalue weighted by Gasteiger charge is 2.27. The van der Waals surface area contributed by atoms with Gasteiger partial charge in [0.25, 0.3) is 0 Å². The third kappa shape index (κ3) is 3.04. The molecule has 0 N–H and O–H groups in total. The van der Waals surface area contributed by atoms with Crippen LogP contribution in [-0.2, 0) is 16.8 Å². The summed E-state index contributed by atoms with van der Waals surface area (Å²) in [7, 11) is 0. The van der Waals surface area contributed by atoms with E-state index in [1.807, 2.05) is 27.7 Å². The van der Waals surface area contributed by atoms with Crippen LogP contribution in [0.4, 0.5) is 0 Å². The van der Waals surface area contributed by atoms with E-state index in [4.69, 9.17) is 14.5 Å². The van der Waals surface area contributed by atoms with Gasteiger partial charge in [0.1, 0.15) is 5.60 Å². The molecule has 0 saturated carbocycles. The minimum Gasteiger partial charge on any atom is -0.368 e. The van der Waals surface area contributed by atoms with Crippen LogP contribution in [0.2, 0.25) is 0 Å². The smallest absolute Gasteiger partial charge is 0.228 e. The first-order valence-electron chi connectivity index (χ1n) is 5.36. The van der Waals surface area contributed by atoms with E-state index >= 15 is 0 Å². The van der Waals surface area contributed by atoms with Crippen LogP contribution in [0, 0.1) is 17.2 Å². The zero-order valence-corrected chi connectivity index (χ0v) is 10.1. The van der Waals surface area contributed by atoms with Crippen LogP contribution < -0.4 is 0 Å². The summed E-state index contributed by atoms with van der Waals surface area (Å²) in [4.78, 5) is 4.23. The lowest BCUT2D eigenvalue weighted by atomic mass is 10.1. The van der Waals surface area contributed by atoms with Gasteiger partial charge in [0.05, 0.1) is 12.0 Å². The van der Waals surface area contributed by atoms with E-state index in [0.717, 1.165) is 0 Å². The van der Waals surface area contributed by atoms with Crippen molar-refractivity contribution >= 4 is 0 Å². The predicted octanol–water partition coefficient (Wildman–Crippen LogP) is 2.04. The standard InChI is InChI=1S/C11H17N3O2/c1-5-15-11(3,4)10-13-9(16-14-10)6-8(2)7-12/h8H,5-6H2,1-4H3. The molecule has 0 aliphatic heterocycles. The summed E-state index contributed by atoms with van der Waals surface area (Å²) in [5, 5.41) is 12.6. The summed E-state index contributed by atoms with van der Waals surface area (Å²) < 4.78 is 10.6. The average molecular weight is 223 g/mol. The number of rotatable bonds is 5. The number of nitrogens with zero attached hydrogens (tertiary/aromatic N) is 3. The second kappa shape index (κ2) is 5.08. The molecule has 1 aromatic rings. The largest absolute Gasteiger partial charge is 0.368 e. The number of nitriles is 1. The Morgan fingerprint density at radius 2 is 2.25 bits per heavy atom. The van der Waals surface area contributed by atoms with Gasteiger partial charge in [-0.1, -0.05) is 5.16 Å². The number of hydrogen-bond donors (Lipinski definition) is 0. The summed E-state index contributed by atoms with van der Waals surface area (Å²) in [6, 6.07) is 2.13. The summed E-state index contributed by atoms with van der Waals surface area (Å²) in [6.07, 6.45) is 0.478. The van der Waals surface area contributed by atoms with Crippen LogP contribution in [0.25, 0.3) is 0 Å². The van der Waals surface area contributed by atoms with Crippen molar-refractivity contribution in [3.63, 3.8) is 0 Å². The molecule has 0 aromatic carbocycles. The van der Waals surface area contributed by atoms with Gasteiger partial charge < -0.3 is 9.26 Å². The maximum absolute atomic E-state index is 8.68. The van der Waals surface area contributed by atoms with Crippen molar-refractivity contribution in [2.24, 2.45) is 5.92 Å². The van der Waals surface area contributed by atoms with Crippen molar-refractivity contribution in [1.82, 2.24) is 10.1 Å². The lowest BCUT2D eigenvalue weighted by Gasteiger charge is -2.19. The van der Waals surface area contributed by atoms with E-state index < -0.39 is 5.60 Å². The van der Waals surface area contributed by atoms with Crippen molar-refractivity contribution in [3.05, 3.63) is 11.7 Å². The van der Waals surface area contributed by atoms with Crippen molar-refractivity contribution in [1.29, 1.82) is 5.26 Å². The van der Waals surface area contributed by atoms with Crippen molar-refractivity contribution in [3.8, 4) is 6.07 Å². The zero-order chi connectivity index (χ0) is 12.2. The minimum absolute atomic E-state index is 0.122. The van der Waals surface area contributed by atoms with Crippen LogP contribution in [0.3, 0.4) is 0 Å². The molecular weight excluding hydrogens is 206 g/mol. The van der Waals surface area contributed by atoms with Gasteiger partial charge >= 0.3 is 0 Å². The first-order valence-corrected chi connectivity index (χ1v) is 5.36. The third-order valence-corrected chi connectivity index (χ3v) is 2.21. The number of hydrogen-bond acceptors (Lipinski definition) is 5. The molecule has 5 heteroatoms. The molecule has 0 amide bonds. The Kier molecular flexibility index (Phi) is 4.02. The molecule has 0 bridgehead atoms. The fourth-order valence-electron chi connectivity index (χ4n) is 1.32. The van der Waals surface area contributed by atoms with Crippen LogP contribution in [0.15, 0.2) is 4.52 Å². The SMILES string of the molecule is CCOC(C)(C)c1noc(CC(C)C#N)n1. The average Bonchev–Trinajstić information content (AvgIpc) is 2.66. The van der Waals surface area contributed by atoms with Gasteiger partial charge in [-0.2, -0.15) is 10.2 Å². The highest BCUT2D eigenvalue weighted by Crippen LogP contribution is 2.21. The van der Waals surface area contributed by atoms with E-state index in [-0.39, 0.29) is 5.92 Å². The van der Waals surface area contributed by atoms with Gasteiger partial charge in [-0.05, 0) is 27.7 Å². The van der Waals surface area contributed by atoms with E-state index in [1.165, 1.54) is 0 Å². The number of aromatic nitrogens is 2. The normalized spacial score (nSPS) is 13.4. The Bertz CT molecular complexity index is 379. The van der Waals surface area contributed by atoms with Crippen molar-refractivity contribution in [2.75, 3.05) is 6.61 Å². The molecule has 0 saturated heterocycles. The first-order chi connectivity index (χ1) is 7.49. The van der Waals surface area contributed by atoms with Crippen LogP contribution in [0.1, 0.15) is 39.4 Å². The second-order valence-corrected chi connectivity index (χ2v) is 4.19. The molecule has 0 spiro atoms. The predicted molar refractivity (Wildman–Crippen MR) is 57.4 cm³/mol. The zero-order valence-electron chi connectivity index (χ0n) is 10.1. The minimum atomic E-state index is -0.549. The highest BCUT2D eigenvalue weighted by atomic mass is 16.5. The van der Waals surface area contributed by atoms with Crippen LogP contribution >= 0.6 is 0 Å². The summed E-state index contributed by atoms with van der Waals surface area (Å²) >= 11 is 0. The van der Waals surface area contributed by atoms with Gasteiger partial charge in [0.15, 0.2) is 0 Å². The Morgan fingerprint density at radius 1 is 1.56 bits per heavy atom. The fraction of sp³-hybridized carbons (Fsp3) is 0.727. The van der Waals surface area contributed by atoms with Crippen LogP contribution in [0.5, 0.6) is 0 Å². The topological polar surface area (TPSA) is 71.9 Å². The van der Waals surface area contributed by atoms with Gasteiger partial charge in [0.2, 0.25) is 11.7 Å². The maximum Gasteiger partial charge on any atom is 0.228 e. The third-order valence-electron chi connectivity index (χ3n) is 2.21. The quantitative estimate of drug-likeness (QED) is 0.763. The summed E-state index contributed by atoms with van der Waals surface area (Å²) in [6.45, 7) is 8.10. The van der Waals surface area contributed by atoms with Gasteiger partial charge in [-0.15, -0.1) is 0 Å². The second-order valence-electron chi connectivity index (χ2n) is 4.19. The molecule has 1 heterocycles. The fourth-order valence-corrected chi connectivity index (χ4v) is 1.32. The van der Waals surface area contributed by atoms with E-state index in [0.29, 0.717) is 24.7 Å². The lowest BCUT2D eigenvalue weighted by molar-refractivity contribution is -0.0221. The molecule has 1 atom stereocenters. The van der Waals surface area contributed by atoms with Crippen molar-refractivity contribution < 1.29 is 9.26 Å². The van der Waals surface area contributed by atoms with Gasteiger partial charge in [-0.3, -0.25) is 0 Å². The molecule has 1 unspecified atom stereocenters. The highest BCUT2D eigenvalue weighted by molar-refractivity contribution is 4.99. The summed E-state index contributed by atoms with van der Waals surface area (Å²) in [5.41, 5.74) is -0.549. The molecule has 5 nitrogen and oxygen atoms in total. The Labute approximate surface area is 95.4 Å². The Hall–Kier alpha value is -1.41. The summed E-state index contributed by atoms with van der Waals surface area (Å²) in [5.74, 6) is 0.884. The molecule has 0 fully saturated rings. The van der Waals surface area contributed by atoms with Gasteiger partial charge in [-0.25, -0.2) is 0 Å². The van der Waals surface area contributed by atoms with E-state index in [2.05, 4.69) is 16.2 Å². The van der Waals surface area contributed by atoms with Gasteiger partial charge in [0, 0.05) is 13.0 Å². The van der Waals surface area contributed by atoms with Crippen LogP contribution in [-0.4, -0.2) is 16.7 Å². The molecule has 16 heavy (non-hydrogen) atoms. The first kappa shape index (κ1) is 12.7. The van der Waals surface area contributed by atoms with Crippen molar-refractivity contribution in [2.45, 2.75) is 39.7 Å². The molecule has 0 radical (unpaired) electrons. The maximum atomic E-state index is 8.68. The molecule has 1 rings (SSSR count). The molecule has 1 aromatic heterocycles. The van der Waals surface area contributed by atoms with E-state index in [9.17, 15) is 0 Å². The monoisotopic (exact) mass is 223 g/mol. The molecular formula is C11H17N3O2.